The standard InChI is InChI=1S/C10H11ClN4O2S/c1-7-4-3-5-8(13-7)14-18(16,17)10-9(11)15(2)6-12-10/h3-6H,1-2H3,(H,13,14). The molecule has 0 aliphatic carbocycles. The van der Waals surface area contributed by atoms with Crippen LogP contribution in [0, 0.1) is 6.92 Å². The minimum absolute atomic E-state index is 0.0511. The predicted molar refractivity (Wildman–Crippen MR) is 68.0 cm³/mol. The van der Waals surface area contributed by atoms with E-state index in [1.54, 1.807) is 32.2 Å². The van der Waals surface area contributed by atoms with Crippen LogP contribution in [0.1, 0.15) is 5.69 Å². The Morgan fingerprint density at radius 3 is 2.67 bits per heavy atom. The van der Waals surface area contributed by atoms with E-state index in [2.05, 4.69) is 14.7 Å². The van der Waals surface area contributed by atoms with Crippen LogP contribution in [0.4, 0.5) is 5.82 Å². The van der Waals surface area contributed by atoms with Crippen LogP contribution in [0.5, 0.6) is 0 Å². The van der Waals surface area contributed by atoms with Crippen LogP contribution < -0.4 is 4.72 Å². The first kappa shape index (κ1) is 12.8. The third-order valence-corrected chi connectivity index (χ3v) is 4.06. The fourth-order valence-electron chi connectivity index (χ4n) is 1.36. The second-order valence-corrected chi connectivity index (χ2v) is 5.68. The first-order chi connectivity index (χ1) is 8.40. The number of hydrogen-bond donors (Lipinski definition) is 1. The second kappa shape index (κ2) is 4.58. The van der Waals surface area contributed by atoms with Gasteiger partial charge in [0, 0.05) is 12.7 Å². The first-order valence-electron chi connectivity index (χ1n) is 5.03. The molecule has 0 saturated carbocycles. The van der Waals surface area contributed by atoms with Crippen LogP contribution in [-0.4, -0.2) is 23.0 Å². The molecule has 96 valence electrons. The van der Waals surface area contributed by atoms with Gasteiger partial charge in [0.25, 0.3) is 10.0 Å². The zero-order valence-corrected chi connectivity index (χ0v) is 11.3. The summed E-state index contributed by atoms with van der Waals surface area (Å²) < 4.78 is 27.8. The van der Waals surface area contributed by atoms with Crippen molar-refractivity contribution < 1.29 is 8.42 Å². The molecule has 2 heterocycles. The van der Waals surface area contributed by atoms with Crippen LogP contribution >= 0.6 is 11.6 Å². The first-order valence-corrected chi connectivity index (χ1v) is 6.89. The van der Waals surface area contributed by atoms with E-state index in [-0.39, 0.29) is 16.0 Å². The van der Waals surface area contributed by atoms with Gasteiger partial charge in [0.1, 0.15) is 11.0 Å². The van der Waals surface area contributed by atoms with Gasteiger partial charge >= 0.3 is 0 Å². The Hall–Kier alpha value is -1.60. The van der Waals surface area contributed by atoms with Gasteiger partial charge in [0.05, 0.1) is 6.33 Å². The van der Waals surface area contributed by atoms with Gasteiger partial charge in [0.2, 0.25) is 5.03 Å². The number of sulfonamides is 1. The van der Waals surface area contributed by atoms with Gasteiger partial charge in [0.15, 0.2) is 0 Å². The summed E-state index contributed by atoms with van der Waals surface area (Å²) in [5.41, 5.74) is 0.710. The molecule has 18 heavy (non-hydrogen) atoms. The van der Waals surface area contributed by atoms with Gasteiger partial charge in [-0.15, -0.1) is 0 Å². The lowest BCUT2D eigenvalue weighted by Gasteiger charge is -2.06. The molecule has 0 spiro atoms. The minimum atomic E-state index is -3.82. The lowest BCUT2D eigenvalue weighted by Crippen LogP contribution is -2.15. The highest BCUT2D eigenvalue weighted by molar-refractivity contribution is 7.92. The molecule has 0 saturated heterocycles. The van der Waals surface area contributed by atoms with Crippen molar-refractivity contribution in [3.63, 3.8) is 0 Å². The average Bonchev–Trinajstić information content (AvgIpc) is 2.59. The van der Waals surface area contributed by atoms with E-state index in [1.165, 1.54) is 10.9 Å². The van der Waals surface area contributed by atoms with E-state index in [1.807, 2.05) is 0 Å². The highest BCUT2D eigenvalue weighted by Crippen LogP contribution is 2.20. The predicted octanol–water partition coefficient (Wildman–Crippen LogP) is 1.58. The number of imidazole rings is 1. The molecular formula is C10H11ClN4O2S. The van der Waals surface area contributed by atoms with Crippen LogP contribution in [0.25, 0.3) is 0 Å². The molecule has 6 nitrogen and oxygen atoms in total. The van der Waals surface area contributed by atoms with Crippen molar-refractivity contribution in [2.24, 2.45) is 7.05 Å². The average molecular weight is 287 g/mol. The molecule has 0 aliphatic rings. The van der Waals surface area contributed by atoms with E-state index in [4.69, 9.17) is 11.6 Å². The van der Waals surface area contributed by atoms with E-state index < -0.39 is 10.0 Å². The summed E-state index contributed by atoms with van der Waals surface area (Å²) >= 11 is 5.85. The van der Waals surface area contributed by atoms with Gasteiger partial charge in [-0.3, -0.25) is 4.72 Å². The van der Waals surface area contributed by atoms with Crippen LogP contribution in [-0.2, 0) is 17.1 Å². The molecule has 2 rings (SSSR count). The maximum Gasteiger partial charge on any atom is 0.283 e. The van der Waals surface area contributed by atoms with Crippen LogP contribution in [0.2, 0.25) is 5.15 Å². The fraction of sp³-hybridized carbons (Fsp3) is 0.200. The van der Waals surface area contributed by atoms with Gasteiger partial charge < -0.3 is 4.57 Å². The molecule has 0 unspecified atom stereocenters. The minimum Gasteiger partial charge on any atom is -0.324 e. The van der Waals surface area contributed by atoms with Crippen molar-refractivity contribution in [3.05, 3.63) is 35.4 Å². The van der Waals surface area contributed by atoms with Gasteiger partial charge in [-0.1, -0.05) is 17.7 Å². The molecule has 0 bridgehead atoms. The molecule has 0 atom stereocenters. The Morgan fingerprint density at radius 2 is 2.11 bits per heavy atom. The van der Waals surface area contributed by atoms with Gasteiger partial charge in [-0.25, -0.2) is 9.97 Å². The lowest BCUT2D eigenvalue weighted by molar-refractivity contribution is 0.598. The maximum absolute atomic E-state index is 12.0. The molecule has 0 radical (unpaired) electrons. The topological polar surface area (TPSA) is 76.9 Å². The molecule has 0 aliphatic heterocycles. The Morgan fingerprint density at radius 1 is 1.39 bits per heavy atom. The smallest absolute Gasteiger partial charge is 0.283 e. The zero-order valence-electron chi connectivity index (χ0n) is 9.75. The van der Waals surface area contributed by atoms with Crippen molar-refractivity contribution in [1.82, 2.24) is 14.5 Å². The van der Waals surface area contributed by atoms with E-state index >= 15 is 0 Å². The monoisotopic (exact) mass is 286 g/mol. The number of aryl methyl sites for hydroxylation is 2. The third kappa shape index (κ3) is 2.46. The Kier molecular flexibility index (Phi) is 3.27. The number of hydrogen-bond acceptors (Lipinski definition) is 4. The van der Waals surface area contributed by atoms with Crippen molar-refractivity contribution in [2.75, 3.05) is 4.72 Å². The fourth-order valence-corrected chi connectivity index (χ4v) is 2.79. The SMILES string of the molecule is Cc1cccc(NS(=O)(=O)c2ncn(C)c2Cl)n1. The van der Waals surface area contributed by atoms with Gasteiger partial charge in [-0.05, 0) is 19.1 Å². The molecule has 0 aromatic carbocycles. The quantitative estimate of drug-likeness (QED) is 0.929. The van der Waals surface area contributed by atoms with E-state index in [0.29, 0.717) is 5.69 Å². The zero-order chi connectivity index (χ0) is 13.3. The number of anilines is 1. The second-order valence-electron chi connectivity index (χ2n) is 3.72. The van der Waals surface area contributed by atoms with Crippen LogP contribution in [0.3, 0.4) is 0 Å². The van der Waals surface area contributed by atoms with Crippen molar-refractivity contribution >= 4 is 27.4 Å². The summed E-state index contributed by atoms with van der Waals surface area (Å²) in [7, 11) is -2.21. The van der Waals surface area contributed by atoms with E-state index in [0.717, 1.165) is 0 Å². The molecule has 0 amide bonds. The number of rotatable bonds is 3. The molecule has 1 N–H and O–H groups in total. The lowest BCUT2D eigenvalue weighted by atomic mass is 10.4. The Labute approximate surface area is 110 Å². The van der Waals surface area contributed by atoms with Crippen molar-refractivity contribution in [1.29, 1.82) is 0 Å². The number of halogens is 1. The summed E-state index contributed by atoms with van der Waals surface area (Å²) in [5, 5.41) is -0.162. The number of nitrogens with one attached hydrogen (secondary N) is 1. The number of pyridine rings is 1. The molecule has 8 heteroatoms. The summed E-state index contributed by atoms with van der Waals surface area (Å²) in [4.78, 5) is 7.81. The molecule has 2 aromatic heterocycles. The molecule has 2 aromatic rings. The van der Waals surface area contributed by atoms with Gasteiger partial charge in [-0.2, -0.15) is 8.42 Å². The third-order valence-electron chi connectivity index (χ3n) is 2.22. The summed E-state index contributed by atoms with van der Waals surface area (Å²) in [6, 6.07) is 5.03. The van der Waals surface area contributed by atoms with Crippen LogP contribution in [0.15, 0.2) is 29.6 Å². The van der Waals surface area contributed by atoms with E-state index in [9.17, 15) is 8.42 Å². The summed E-state index contributed by atoms with van der Waals surface area (Å²) in [6.07, 6.45) is 1.33. The normalized spacial score (nSPS) is 11.5. The Balaban J connectivity index is 2.36. The van der Waals surface area contributed by atoms with Crippen molar-refractivity contribution in [3.8, 4) is 0 Å². The number of aromatic nitrogens is 3. The summed E-state index contributed by atoms with van der Waals surface area (Å²) in [6.45, 7) is 1.77. The van der Waals surface area contributed by atoms with Crippen molar-refractivity contribution in [2.45, 2.75) is 11.9 Å². The summed E-state index contributed by atoms with van der Waals surface area (Å²) in [5.74, 6) is 0.233. The molecular weight excluding hydrogens is 276 g/mol. The Bertz CT molecular complexity index is 681. The highest BCUT2D eigenvalue weighted by Gasteiger charge is 2.22. The number of nitrogens with zero attached hydrogens (tertiary/aromatic N) is 3. The highest BCUT2D eigenvalue weighted by atomic mass is 35.5. The maximum atomic E-state index is 12.0. The largest absolute Gasteiger partial charge is 0.324 e. The molecule has 0 fully saturated rings.